The highest BCUT2D eigenvalue weighted by Gasteiger charge is 2.28. The number of hydrogen-bond acceptors (Lipinski definition) is 2. The van der Waals surface area contributed by atoms with Gasteiger partial charge in [0.05, 0.1) is 5.56 Å². The van der Waals surface area contributed by atoms with Gasteiger partial charge >= 0.3 is 0 Å². The zero-order valence-electron chi connectivity index (χ0n) is 12.2. The number of likely N-dealkylation sites (tertiary alicyclic amines) is 1. The number of thioether (sulfide) groups is 1. The fraction of sp³-hybridized carbons (Fsp3) is 0.278. The van der Waals surface area contributed by atoms with E-state index in [1.54, 1.807) is 11.8 Å². The first-order valence-electron chi connectivity index (χ1n) is 7.27. The molecule has 2 nitrogen and oxygen atoms in total. The average molecular weight is 297 g/mol. The number of benzene rings is 2. The summed E-state index contributed by atoms with van der Waals surface area (Å²) in [6, 6.07) is 18.4. The molecule has 0 N–H and O–H groups in total. The van der Waals surface area contributed by atoms with E-state index in [4.69, 9.17) is 0 Å². The molecule has 0 saturated carbocycles. The van der Waals surface area contributed by atoms with E-state index in [9.17, 15) is 4.79 Å². The van der Waals surface area contributed by atoms with Gasteiger partial charge in [0.1, 0.15) is 0 Å². The third-order valence-corrected chi connectivity index (χ3v) is 4.88. The van der Waals surface area contributed by atoms with E-state index >= 15 is 0 Å². The third kappa shape index (κ3) is 2.98. The van der Waals surface area contributed by atoms with Crippen LogP contribution in [0.3, 0.4) is 0 Å². The molecule has 2 aromatic rings. The van der Waals surface area contributed by atoms with Crippen LogP contribution in [-0.4, -0.2) is 30.2 Å². The highest BCUT2D eigenvalue weighted by molar-refractivity contribution is 7.98. The van der Waals surface area contributed by atoms with Crippen molar-refractivity contribution in [2.45, 2.75) is 17.2 Å². The van der Waals surface area contributed by atoms with Crippen LogP contribution in [0.4, 0.5) is 0 Å². The summed E-state index contributed by atoms with van der Waals surface area (Å²) in [4.78, 5) is 15.8. The van der Waals surface area contributed by atoms with E-state index in [-0.39, 0.29) is 5.91 Å². The second-order valence-corrected chi connectivity index (χ2v) is 6.20. The molecule has 1 saturated heterocycles. The second-order valence-electron chi connectivity index (χ2n) is 5.35. The first-order chi connectivity index (χ1) is 10.3. The lowest BCUT2D eigenvalue weighted by atomic mass is 9.99. The van der Waals surface area contributed by atoms with Gasteiger partial charge in [0.25, 0.3) is 5.91 Å². The van der Waals surface area contributed by atoms with E-state index < -0.39 is 0 Å². The van der Waals surface area contributed by atoms with Crippen molar-refractivity contribution in [3.63, 3.8) is 0 Å². The Hall–Kier alpha value is -1.74. The van der Waals surface area contributed by atoms with Gasteiger partial charge in [-0.15, -0.1) is 11.8 Å². The summed E-state index contributed by atoms with van der Waals surface area (Å²) in [5, 5.41) is 0. The van der Waals surface area contributed by atoms with Crippen LogP contribution in [0.25, 0.3) is 0 Å². The summed E-state index contributed by atoms with van der Waals surface area (Å²) in [5.74, 6) is 0.634. The first kappa shape index (κ1) is 14.2. The van der Waals surface area contributed by atoms with Gasteiger partial charge in [0.15, 0.2) is 0 Å². The topological polar surface area (TPSA) is 20.3 Å². The Kier molecular flexibility index (Phi) is 4.30. The van der Waals surface area contributed by atoms with Crippen molar-refractivity contribution in [1.29, 1.82) is 0 Å². The van der Waals surface area contributed by atoms with Crippen molar-refractivity contribution in [3.05, 3.63) is 65.7 Å². The van der Waals surface area contributed by atoms with E-state index in [0.29, 0.717) is 5.92 Å². The molecule has 1 amide bonds. The SMILES string of the molecule is CSc1ccccc1C(=O)N1CCC(c2ccccc2)C1. The lowest BCUT2D eigenvalue weighted by Crippen LogP contribution is -2.28. The normalized spacial score (nSPS) is 18.0. The molecule has 1 aliphatic heterocycles. The fourth-order valence-electron chi connectivity index (χ4n) is 2.93. The molecule has 21 heavy (non-hydrogen) atoms. The third-order valence-electron chi connectivity index (χ3n) is 4.08. The molecular formula is C18H19NOS. The number of nitrogens with zero attached hydrogens (tertiary/aromatic N) is 1. The Balaban J connectivity index is 1.75. The van der Waals surface area contributed by atoms with Gasteiger partial charge in [-0.1, -0.05) is 42.5 Å². The van der Waals surface area contributed by atoms with Crippen LogP contribution >= 0.6 is 11.8 Å². The van der Waals surface area contributed by atoms with Crippen molar-refractivity contribution >= 4 is 17.7 Å². The molecule has 1 atom stereocenters. The first-order valence-corrected chi connectivity index (χ1v) is 8.49. The van der Waals surface area contributed by atoms with E-state index in [1.165, 1.54) is 5.56 Å². The van der Waals surface area contributed by atoms with Gasteiger partial charge in [-0.05, 0) is 30.4 Å². The number of rotatable bonds is 3. The zero-order chi connectivity index (χ0) is 14.7. The molecule has 3 heteroatoms. The van der Waals surface area contributed by atoms with Crippen LogP contribution in [0.1, 0.15) is 28.3 Å². The lowest BCUT2D eigenvalue weighted by molar-refractivity contribution is 0.0787. The van der Waals surface area contributed by atoms with Gasteiger partial charge < -0.3 is 4.90 Å². The van der Waals surface area contributed by atoms with Gasteiger partial charge in [-0.3, -0.25) is 4.79 Å². The fourth-order valence-corrected chi connectivity index (χ4v) is 3.52. The smallest absolute Gasteiger partial charge is 0.255 e. The van der Waals surface area contributed by atoms with Gasteiger partial charge in [-0.25, -0.2) is 0 Å². The Morgan fingerprint density at radius 1 is 1.10 bits per heavy atom. The van der Waals surface area contributed by atoms with Crippen LogP contribution in [0, 0.1) is 0 Å². The van der Waals surface area contributed by atoms with E-state index in [2.05, 4.69) is 24.3 Å². The van der Waals surface area contributed by atoms with Crippen LogP contribution in [0.2, 0.25) is 0 Å². The molecule has 0 bridgehead atoms. The summed E-state index contributed by atoms with van der Waals surface area (Å²) in [6.07, 6.45) is 3.07. The molecule has 0 radical (unpaired) electrons. The van der Waals surface area contributed by atoms with Crippen molar-refractivity contribution in [2.75, 3.05) is 19.3 Å². The molecule has 1 unspecified atom stereocenters. The number of carbonyl (C=O) groups is 1. The largest absolute Gasteiger partial charge is 0.338 e. The maximum absolute atomic E-state index is 12.7. The quantitative estimate of drug-likeness (QED) is 0.797. The molecule has 3 rings (SSSR count). The molecule has 0 spiro atoms. The van der Waals surface area contributed by atoms with Crippen molar-refractivity contribution in [3.8, 4) is 0 Å². The van der Waals surface area contributed by atoms with Gasteiger partial charge in [0, 0.05) is 23.9 Å². The standard InChI is InChI=1S/C18H19NOS/c1-21-17-10-6-5-9-16(17)18(20)19-12-11-15(13-19)14-7-3-2-4-8-14/h2-10,15H,11-13H2,1H3. The Morgan fingerprint density at radius 2 is 1.81 bits per heavy atom. The molecule has 0 aliphatic carbocycles. The summed E-state index contributed by atoms with van der Waals surface area (Å²) in [7, 11) is 0. The van der Waals surface area contributed by atoms with Gasteiger partial charge in [0.2, 0.25) is 0 Å². The second kappa shape index (κ2) is 6.35. The molecule has 108 valence electrons. The molecule has 1 fully saturated rings. The van der Waals surface area contributed by atoms with E-state index in [0.717, 1.165) is 30.0 Å². The Labute approximate surface area is 130 Å². The number of hydrogen-bond donors (Lipinski definition) is 0. The highest BCUT2D eigenvalue weighted by Crippen LogP contribution is 2.29. The summed E-state index contributed by atoms with van der Waals surface area (Å²) >= 11 is 1.63. The summed E-state index contributed by atoms with van der Waals surface area (Å²) < 4.78 is 0. The maximum Gasteiger partial charge on any atom is 0.255 e. The minimum absolute atomic E-state index is 0.165. The molecule has 2 aromatic carbocycles. The van der Waals surface area contributed by atoms with Gasteiger partial charge in [-0.2, -0.15) is 0 Å². The monoisotopic (exact) mass is 297 g/mol. The van der Waals surface area contributed by atoms with Crippen LogP contribution in [0.15, 0.2) is 59.5 Å². The molecular weight excluding hydrogens is 278 g/mol. The zero-order valence-corrected chi connectivity index (χ0v) is 13.0. The lowest BCUT2D eigenvalue weighted by Gasteiger charge is -2.18. The molecule has 1 heterocycles. The number of carbonyl (C=O) groups excluding carboxylic acids is 1. The van der Waals surface area contributed by atoms with Crippen molar-refractivity contribution < 1.29 is 4.79 Å². The van der Waals surface area contributed by atoms with Crippen LogP contribution in [-0.2, 0) is 0 Å². The van der Waals surface area contributed by atoms with Crippen LogP contribution in [0.5, 0.6) is 0 Å². The molecule has 1 aliphatic rings. The van der Waals surface area contributed by atoms with E-state index in [1.807, 2.05) is 41.5 Å². The predicted octanol–water partition coefficient (Wildman–Crippen LogP) is 4.04. The van der Waals surface area contributed by atoms with Crippen LogP contribution < -0.4 is 0 Å². The maximum atomic E-state index is 12.7. The number of amides is 1. The minimum atomic E-state index is 0.165. The molecule has 0 aromatic heterocycles. The Morgan fingerprint density at radius 3 is 2.57 bits per heavy atom. The average Bonchev–Trinajstić information content (AvgIpc) is 3.05. The summed E-state index contributed by atoms with van der Waals surface area (Å²) in [6.45, 7) is 1.67. The predicted molar refractivity (Wildman–Crippen MR) is 87.9 cm³/mol. The van der Waals surface area contributed by atoms with Crippen molar-refractivity contribution in [2.24, 2.45) is 0 Å². The van der Waals surface area contributed by atoms with Crippen molar-refractivity contribution in [1.82, 2.24) is 4.90 Å². The minimum Gasteiger partial charge on any atom is -0.338 e. The highest BCUT2D eigenvalue weighted by atomic mass is 32.2. The summed E-state index contributed by atoms with van der Waals surface area (Å²) in [5.41, 5.74) is 2.17. The Bertz CT molecular complexity index is 626.